The van der Waals surface area contributed by atoms with Crippen LogP contribution in [0.4, 0.5) is 11.4 Å². The second-order valence-electron chi connectivity index (χ2n) is 8.66. The number of pyridine rings is 1. The number of fused-ring (bicyclic) bond motifs is 2. The molecule has 0 aliphatic carbocycles. The van der Waals surface area contributed by atoms with Crippen molar-refractivity contribution in [2.75, 3.05) is 58.8 Å². The molecule has 3 heterocycles. The van der Waals surface area contributed by atoms with E-state index in [2.05, 4.69) is 38.2 Å². The fourth-order valence-corrected chi connectivity index (χ4v) is 4.35. The number of rotatable bonds is 8. The number of aromatic nitrogens is 2. The van der Waals surface area contributed by atoms with E-state index in [0.29, 0.717) is 46.1 Å². The van der Waals surface area contributed by atoms with Crippen LogP contribution in [0.25, 0.3) is 22.0 Å². The van der Waals surface area contributed by atoms with Gasteiger partial charge in [0, 0.05) is 50.4 Å². The normalized spacial score (nSPS) is 14.8. The zero-order valence-electron chi connectivity index (χ0n) is 20.0. The molecule has 2 aromatic heterocycles. The quantitative estimate of drug-likeness (QED) is 0.381. The molecule has 0 unspecified atom stereocenters. The van der Waals surface area contributed by atoms with Gasteiger partial charge in [-0.1, -0.05) is 6.07 Å². The van der Waals surface area contributed by atoms with E-state index in [9.17, 15) is 5.26 Å². The lowest BCUT2D eigenvalue weighted by Gasteiger charge is -2.32. The molecule has 0 saturated carbocycles. The topological polar surface area (TPSA) is 99.7 Å². The number of para-hydroxylation sites is 1. The molecular weight excluding hydrogens is 444 g/mol. The number of ether oxygens (including phenoxy) is 2. The predicted molar refractivity (Wildman–Crippen MR) is 134 cm³/mol. The van der Waals surface area contributed by atoms with Crippen molar-refractivity contribution >= 4 is 33.4 Å². The molecule has 4 aromatic rings. The fourth-order valence-electron chi connectivity index (χ4n) is 4.35. The van der Waals surface area contributed by atoms with Gasteiger partial charge in [0.1, 0.15) is 11.6 Å². The Hall–Kier alpha value is -3.87. The molecular formula is C26H28N6O3. The van der Waals surface area contributed by atoms with Crippen LogP contribution >= 0.6 is 0 Å². The van der Waals surface area contributed by atoms with Crippen molar-refractivity contribution in [3.05, 3.63) is 48.5 Å². The first kappa shape index (κ1) is 22.9. The monoisotopic (exact) mass is 472 g/mol. The van der Waals surface area contributed by atoms with Crippen molar-refractivity contribution in [2.45, 2.75) is 6.42 Å². The van der Waals surface area contributed by atoms with E-state index in [4.69, 9.17) is 13.9 Å². The summed E-state index contributed by atoms with van der Waals surface area (Å²) in [4.78, 5) is 13.5. The average Bonchev–Trinajstić information content (AvgIpc) is 3.37. The molecule has 0 bridgehead atoms. The summed E-state index contributed by atoms with van der Waals surface area (Å²) in [5, 5.41) is 13.9. The lowest BCUT2D eigenvalue weighted by Crippen LogP contribution is -2.44. The Bertz CT molecular complexity index is 1370. The van der Waals surface area contributed by atoms with Gasteiger partial charge >= 0.3 is 0 Å². The number of anilines is 2. The lowest BCUT2D eigenvalue weighted by molar-refractivity contribution is 0.145. The van der Waals surface area contributed by atoms with Gasteiger partial charge in [-0.25, -0.2) is 4.98 Å². The van der Waals surface area contributed by atoms with E-state index in [0.717, 1.165) is 50.0 Å². The predicted octanol–water partition coefficient (Wildman–Crippen LogP) is 4.02. The van der Waals surface area contributed by atoms with Gasteiger partial charge in [-0.2, -0.15) is 5.26 Å². The number of methoxy groups -OCH3 is 1. The first-order valence-electron chi connectivity index (χ1n) is 11.7. The molecule has 1 saturated heterocycles. The highest BCUT2D eigenvalue weighted by Gasteiger charge is 2.17. The van der Waals surface area contributed by atoms with E-state index < -0.39 is 0 Å². The van der Waals surface area contributed by atoms with Crippen molar-refractivity contribution < 1.29 is 13.9 Å². The maximum atomic E-state index is 9.75. The fraction of sp³-hybridized carbons (Fsp3) is 0.346. The van der Waals surface area contributed by atoms with Crippen LogP contribution in [0.2, 0.25) is 0 Å². The van der Waals surface area contributed by atoms with Gasteiger partial charge in [0.05, 0.1) is 36.2 Å². The van der Waals surface area contributed by atoms with Gasteiger partial charge in [-0.3, -0.25) is 4.98 Å². The molecule has 0 radical (unpaired) electrons. The van der Waals surface area contributed by atoms with Crippen molar-refractivity contribution in [3.8, 4) is 17.6 Å². The van der Waals surface area contributed by atoms with Crippen molar-refractivity contribution in [1.29, 1.82) is 5.26 Å². The van der Waals surface area contributed by atoms with Crippen LogP contribution in [0.1, 0.15) is 12.0 Å². The third kappa shape index (κ3) is 4.85. The third-order valence-electron chi connectivity index (χ3n) is 6.36. The number of hydrogen-bond donors (Lipinski definition) is 1. The average molecular weight is 473 g/mol. The molecule has 1 N–H and O–H groups in total. The Morgan fingerprint density at radius 3 is 2.77 bits per heavy atom. The first-order chi connectivity index (χ1) is 17.2. The summed E-state index contributed by atoms with van der Waals surface area (Å²) in [7, 11) is 3.78. The van der Waals surface area contributed by atoms with Crippen LogP contribution in [0.15, 0.2) is 47.3 Å². The van der Waals surface area contributed by atoms with Crippen LogP contribution in [-0.4, -0.2) is 73.3 Å². The highest BCUT2D eigenvalue weighted by Crippen LogP contribution is 2.38. The molecule has 1 aliphatic heterocycles. The summed E-state index contributed by atoms with van der Waals surface area (Å²) in [6.45, 7) is 6.00. The Kier molecular flexibility index (Phi) is 6.66. The summed E-state index contributed by atoms with van der Waals surface area (Å²) >= 11 is 0. The van der Waals surface area contributed by atoms with Crippen LogP contribution in [-0.2, 0) is 0 Å². The second kappa shape index (κ2) is 10.2. The maximum absolute atomic E-state index is 9.75. The Labute approximate surface area is 203 Å². The van der Waals surface area contributed by atoms with E-state index in [1.807, 2.05) is 30.3 Å². The summed E-state index contributed by atoms with van der Waals surface area (Å²) in [5.74, 6) is 1.23. The zero-order chi connectivity index (χ0) is 24.2. The Morgan fingerprint density at radius 2 is 1.97 bits per heavy atom. The minimum atomic E-state index is 0.414. The van der Waals surface area contributed by atoms with Gasteiger partial charge in [0.2, 0.25) is 0 Å². The van der Waals surface area contributed by atoms with E-state index in [1.54, 1.807) is 13.3 Å². The summed E-state index contributed by atoms with van der Waals surface area (Å²) in [6.07, 6.45) is 3.90. The number of oxazole rings is 1. The van der Waals surface area contributed by atoms with Crippen LogP contribution < -0.4 is 14.8 Å². The van der Waals surface area contributed by atoms with Gasteiger partial charge in [0.15, 0.2) is 23.5 Å². The highest BCUT2D eigenvalue weighted by atomic mass is 16.5. The first-order valence-corrected chi connectivity index (χ1v) is 11.7. The van der Waals surface area contributed by atoms with Crippen molar-refractivity contribution in [2.24, 2.45) is 0 Å². The van der Waals surface area contributed by atoms with Crippen LogP contribution in [0, 0.1) is 11.3 Å². The molecule has 9 heteroatoms. The summed E-state index contributed by atoms with van der Waals surface area (Å²) in [5.41, 5.74) is 3.81. The van der Waals surface area contributed by atoms with Crippen molar-refractivity contribution in [1.82, 2.24) is 19.8 Å². The number of likely N-dealkylation sites (N-methyl/N-ethyl adjacent to an activating group) is 1. The molecule has 2 aromatic carbocycles. The van der Waals surface area contributed by atoms with E-state index in [1.165, 1.54) is 6.39 Å². The molecule has 9 nitrogen and oxygen atoms in total. The molecule has 180 valence electrons. The lowest BCUT2D eigenvalue weighted by atomic mass is 10.1. The number of benzene rings is 2. The van der Waals surface area contributed by atoms with Crippen LogP contribution in [0.3, 0.4) is 0 Å². The van der Waals surface area contributed by atoms with E-state index >= 15 is 0 Å². The Morgan fingerprint density at radius 1 is 1.11 bits per heavy atom. The number of piperazine rings is 1. The molecule has 1 fully saturated rings. The molecule has 35 heavy (non-hydrogen) atoms. The van der Waals surface area contributed by atoms with Crippen LogP contribution in [0.5, 0.6) is 11.5 Å². The van der Waals surface area contributed by atoms with Crippen molar-refractivity contribution in [3.63, 3.8) is 0 Å². The second-order valence-corrected chi connectivity index (χ2v) is 8.66. The largest absolute Gasteiger partial charge is 0.493 e. The third-order valence-corrected chi connectivity index (χ3v) is 6.36. The van der Waals surface area contributed by atoms with E-state index in [-0.39, 0.29) is 0 Å². The number of nitrogens with zero attached hydrogens (tertiary/aromatic N) is 5. The summed E-state index contributed by atoms with van der Waals surface area (Å²) in [6, 6.07) is 11.6. The van der Waals surface area contributed by atoms with Gasteiger partial charge in [0.25, 0.3) is 0 Å². The number of hydrogen-bond acceptors (Lipinski definition) is 9. The Balaban J connectivity index is 1.38. The minimum Gasteiger partial charge on any atom is -0.493 e. The molecule has 0 amide bonds. The molecule has 0 atom stereocenters. The number of nitrogens with one attached hydrogen (secondary N) is 1. The van der Waals surface area contributed by atoms with Gasteiger partial charge in [-0.05, 0) is 31.7 Å². The molecule has 1 aliphatic rings. The summed E-state index contributed by atoms with van der Waals surface area (Å²) < 4.78 is 17.3. The zero-order valence-corrected chi connectivity index (χ0v) is 20.0. The van der Waals surface area contributed by atoms with Gasteiger partial charge < -0.3 is 29.0 Å². The molecule has 0 spiro atoms. The standard InChI is InChI=1S/C26H28N6O3/c1-31-8-10-32(11-9-31)7-4-12-34-24-14-22-19(13-23(24)33-2)25(18(15-27)16-28-22)30-21-6-3-5-20-26(21)35-17-29-20/h3,5-6,13-14,16-17H,4,7-12H2,1-2H3,(H,28,30). The van der Waals surface area contributed by atoms with Gasteiger partial charge in [-0.15, -0.1) is 0 Å². The smallest absolute Gasteiger partial charge is 0.182 e. The minimum absolute atomic E-state index is 0.414. The SMILES string of the molecule is COc1cc2c(Nc3cccc4ncoc34)c(C#N)cnc2cc1OCCCN1CCN(C)CC1. The molecule has 5 rings (SSSR count). The number of nitriles is 1. The maximum Gasteiger partial charge on any atom is 0.182 e. The highest BCUT2D eigenvalue weighted by molar-refractivity contribution is 6.00.